The molecule has 5 atom stereocenters. The highest BCUT2D eigenvalue weighted by Crippen LogP contribution is 2.47. The van der Waals surface area contributed by atoms with E-state index in [-0.39, 0.29) is 87.6 Å². The molecule has 578 valence electrons. The summed E-state index contributed by atoms with van der Waals surface area (Å²) in [4.78, 5) is 86.3. The lowest BCUT2D eigenvalue weighted by molar-refractivity contribution is -0.143. The van der Waals surface area contributed by atoms with Crippen LogP contribution in [-0.2, 0) is 19.3 Å². The number of nitrogens with zero attached hydrogens (tertiary/aromatic N) is 18. The largest absolute Gasteiger partial charge is 0.475 e. The van der Waals surface area contributed by atoms with E-state index >= 15 is 0 Å². The summed E-state index contributed by atoms with van der Waals surface area (Å²) >= 11 is 12.9. The van der Waals surface area contributed by atoms with E-state index in [0.29, 0.717) is 79.2 Å². The van der Waals surface area contributed by atoms with Crippen LogP contribution >= 0.6 is 23.2 Å². The lowest BCUT2D eigenvalue weighted by Crippen LogP contribution is -2.48. The number of hydrogen-bond donors (Lipinski definition) is 7. The van der Waals surface area contributed by atoms with Gasteiger partial charge < -0.3 is 55.2 Å². The topological polar surface area (TPSA) is 345 Å². The van der Waals surface area contributed by atoms with Gasteiger partial charge in [-0.25, -0.2) is 49.3 Å². The number of pyridine rings is 8. The van der Waals surface area contributed by atoms with Crippen molar-refractivity contribution < 1.29 is 70.6 Å². The first-order valence-electron chi connectivity index (χ1n) is 35.1. The number of fused-ring (bicyclic) bond motifs is 12. The fourth-order valence-electron chi connectivity index (χ4n) is 13.7. The van der Waals surface area contributed by atoms with E-state index in [9.17, 15) is 50.9 Å². The summed E-state index contributed by atoms with van der Waals surface area (Å²) in [7, 11) is 0. The zero-order chi connectivity index (χ0) is 78.0. The Kier molecular flexibility index (Phi) is 22.1. The summed E-state index contributed by atoms with van der Waals surface area (Å²) in [6.07, 6.45) is 3.61. The molecule has 6 aliphatic rings. The van der Waals surface area contributed by atoms with Crippen LogP contribution in [0.3, 0.4) is 0 Å². The number of carbonyl (C=O) groups excluding carboxylic acids is 3. The molecule has 0 aromatic carbocycles. The van der Waals surface area contributed by atoms with Crippen molar-refractivity contribution >= 4 is 93.0 Å². The van der Waals surface area contributed by atoms with E-state index in [1.54, 1.807) is 41.6 Å². The predicted molar refractivity (Wildman–Crippen MR) is 399 cm³/mol. The number of rotatable bonds is 17. The number of urea groups is 3. The second-order valence-electron chi connectivity index (χ2n) is 26.6. The summed E-state index contributed by atoms with van der Waals surface area (Å²) in [6, 6.07) is 23.0. The highest BCUT2D eigenvalue weighted by Gasteiger charge is 2.45. The van der Waals surface area contributed by atoms with Crippen molar-refractivity contribution in [1.29, 1.82) is 0 Å². The second-order valence-corrected chi connectivity index (χ2v) is 27.5. The van der Waals surface area contributed by atoms with Gasteiger partial charge in [0.15, 0.2) is 17.5 Å². The Morgan fingerprint density at radius 3 is 1.62 bits per heavy atom. The van der Waals surface area contributed by atoms with E-state index in [0.717, 1.165) is 70.6 Å². The average molecular weight is 1570 g/mol. The summed E-state index contributed by atoms with van der Waals surface area (Å²) in [5, 5.41) is 53.9. The minimum absolute atomic E-state index is 0.0267. The van der Waals surface area contributed by atoms with Crippen molar-refractivity contribution in [3.8, 4) is 56.8 Å². The maximum atomic E-state index is 13.6. The first-order chi connectivity index (χ1) is 53.3. The van der Waals surface area contributed by atoms with Gasteiger partial charge in [-0.1, -0.05) is 29.3 Å². The average Bonchev–Trinajstić information content (AvgIpc) is 1.68. The Morgan fingerprint density at radius 2 is 1.06 bits per heavy atom. The molecule has 6 aliphatic heterocycles. The molecule has 0 unspecified atom stereocenters. The number of anilines is 9. The third-order valence-corrected chi connectivity index (χ3v) is 19.5. The number of amides is 6. The van der Waals surface area contributed by atoms with Crippen LogP contribution in [0.2, 0.25) is 10.0 Å². The van der Waals surface area contributed by atoms with Crippen LogP contribution in [0.25, 0.3) is 45.0 Å². The molecule has 7 N–H and O–H groups in total. The predicted octanol–water partition coefficient (Wildman–Crippen LogP) is 10.9. The van der Waals surface area contributed by atoms with Crippen LogP contribution in [0, 0.1) is 6.92 Å². The monoisotopic (exact) mass is 1570 g/mol. The molecule has 10 aromatic rings. The van der Waals surface area contributed by atoms with Crippen LogP contribution in [-0.4, -0.2) is 200 Å². The third kappa shape index (κ3) is 17.1. The van der Waals surface area contributed by atoms with Gasteiger partial charge in [0.1, 0.15) is 49.2 Å². The van der Waals surface area contributed by atoms with Gasteiger partial charge >= 0.3 is 30.4 Å². The Hall–Kier alpha value is -11.6. The number of carbonyl (C=O) groups is 3. The highest BCUT2D eigenvalue weighted by molar-refractivity contribution is 6.34. The quantitative estimate of drug-likeness (QED) is 0.0416. The fourth-order valence-corrected chi connectivity index (χ4v) is 14.2. The van der Waals surface area contributed by atoms with Gasteiger partial charge in [0, 0.05) is 129 Å². The Bertz CT molecular complexity index is 5100. The number of halogens is 8. The third-order valence-electron chi connectivity index (χ3n) is 18.9. The Balaban J connectivity index is 0.000000139. The molecule has 0 radical (unpaired) electrons. The molecule has 0 spiro atoms. The molecule has 3 fully saturated rings. The van der Waals surface area contributed by atoms with Crippen LogP contribution in [0.5, 0.6) is 11.8 Å². The van der Waals surface area contributed by atoms with Gasteiger partial charge in [-0.2, -0.15) is 36.5 Å². The van der Waals surface area contributed by atoms with Crippen molar-refractivity contribution in [1.82, 2.24) is 59.4 Å². The van der Waals surface area contributed by atoms with Crippen LogP contribution in [0.4, 0.5) is 92.4 Å². The van der Waals surface area contributed by atoms with Crippen LogP contribution in [0.1, 0.15) is 37.6 Å². The van der Waals surface area contributed by atoms with Gasteiger partial charge in [0.2, 0.25) is 11.8 Å². The number of aliphatic hydroxyl groups excluding tert-OH is 4. The summed E-state index contributed by atoms with van der Waals surface area (Å²) < 4.78 is 91.5. The zero-order valence-corrected chi connectivity index (χ0v) is 60.7. The highest BCUT2D eigenvalue weighted by atomic mass is 35.5. The minimum atomic E-state index is -4.64. The molecule has 38 heteroatoms. The summed E-state index contributed by atoms with van der Waals surface area (Å²) in [6.45, 7) is 6.42. The van der Waals surface area contributed by atoms with E-state index in [4.69, 9.17) is 47.9 Å². The van der Waals surface area contributed by atoms with E-state index in [1.807, 2.05) is 66.2 Å². The van der Waals surface area contributed by atoms with Gasteiger partial charge in [-0.3, -0.25) is 34.4 Å². The first-order valence-corrected chi connectivity index (χ1v) is 35.9. The molecule has 0 aliphatic carbocycles. The number of ether oxygens (including phenoxy) is 2. The number of alkyl halides is 6. The van der Waals surface area contributed by atoms with Crippen molar-refractivity contribution in [2.24, 2.45) is 0 Å². The van der Waals surface area contributed by atoms with Crippen molar-refractivity contribution in [2.45, 2.75) is 88.9 Å². The second kappa shape index (κ2) is 32.2. The van der Waals surface area contributed by atoms with E-state index in [1.165, 1.54) is 58.9 Å². The molecule has 6 bridgehead atoms. The molecule has 3 saturated heterocycles. The SMILES string of the molecule is CCn1cc(-c2ccnc(NC(=O)N3c4nc(-c5ccnc(C)c5)ccc4N4CC[C@H]3C4)c2)cn1.O=C(Nc1ccnc(OC[C@@H](O)CO)c1)N1c2nc(-c3cccc(C(F)(F)F)n3)c(Cl)cc2N2CC[C@H]1C2.O=C(Nc1ccnc(OC[C@@H](O)CO)c1)N1c2nc(-c3cnn(CC(F)(F)F)c3)c(Cl)cc2N2CC[C@H]1C2. The van der Waals surface area contributed by atoms with Crippen molar-refractivity contribution in [2.75, 3.05) is 111 Å². The maximum absolute atomic E-state index is 13.6. The normalized spacial score (nSPS) is 17.0. The molecular formula is C73H71Cl2F6N21O9. The van der Waals surface area contributed by atoms with Gasteiger partial charge in [0.05, 0.1) is 87.9 Å². The minimum Gasteiger partial charge on any atom is -0.475 e. The molecule has 6 amide bonds. The fraction of sp³-hybridized carbons (Fsp3) is 0.329. The molecule has 111 heavy (non-hydrogen) atoms. The molecule has 16 rings (SSSR count). The van der Waals surface area contributed by atoms with Gasteiger partial charge in [-0.05, 0) is 111 Å². The molecular weight excluding hydrogens is 1500 g/mol. The van der Waals surface area contributed by atoms with Gasteiger partial charge in [0.25, 0.3) is 0 Å². The lowest BCUT2D eigenvalue weighted by atomic mass is 10.1. The molecule has 10 aromatic heterocycles. The van der Waals surface area contributed by atoms with Crippen LogP contribution in [0.15, 0.2) is 141 Å². The lowest BCUT2D eigenvalue weighted by Gasteiger charge is -2.36. The number of aromatic nitrogens is 12. The van der Waals surface area contributed by atoms with Crippen LogP contribution < -0.4 is 54.8 Å². The summed E-state index contributed by atoms with van der Waals surface area (Å²) in [5.41, 5.74) is 6.99. The molecule has 16 heterocycles. The number of aryl methyl sites for hydroxylation is 2. The molecule has 30 nitrogen and oxygen atoms in total. The molecule has 0 saturated carbocycles. The van der Waals surface area contributed by atoms with Crippen molar-refractivity contribution in [3.05, 3.63) is 162 Å². The maximum Gasteiger partial charge on any atom is 0.433 e. The van der Waals surface area contributed by atoms with E-state index < -0.39 is 62.1 Å². The smallest absolute Gasteiger partial charge is 0.433 e. The summed E-state index contributed by atoms with van der Waals surface area (Å²) in [5.74, 6) is 2.04. The number of hydrogen-bond acceptors (Lipinski definition) is 22. The number of aliphatic hydroxyl groups is 4. The Labute approximate surface area is 638 Å². The van der Waals surface area contributed by atoms with E-state index in [2.05, 4.69) is 76.9 Å². The standard InChI is InChI=1S/C26H26N8O.C24H22ClF3N6O4.C23H23ClF3N7O4/c1-3-33-15-20(14-29-33)18-6-10-28-24(13-18)31-26(35)34-21-8-11-32(16-21)23-5-4-22(30-25(23)34)19-7-9-27-17(2)12-19;25-16-9-18-22(32-21(16)17-2-1-3-19(31-17)24(26,27)28)34(14-5-7-33(18)10-14)23(37)30-13-4-6-29-20(8-13)38-12-15(36)11-35;24-17-6-18-21(31-20(17)13-7-29-33(8-13)12-23(25,26)27)34(15-2-4-32(18)9-15)22(37)30-14-1-3-28-19(5-14)38-11-16(36)10-35/h4-7,9-10,12-15,21H,3,8,11,16H2,1-2H3,(H,28,31,35);1-4,6,8-9,14-15,35-36H,5,7,10-12H2,(H,29,30,37);1,3,5-8,15-16,35-36H,2,4,9-12H2,(H,28,30,37)/t21-;14-,15-;15-,16-/m000/s1. The zero-order valence-electron chi connectivity index (χ0n) is 59.2. The number of nitrogens with one attached hydrogen (secondary N) is 3. The first kappa shape index (κ1) is 76.2. The van der Waals surface area contributed by atoms with Crippen molar-refractivity contribution in [3.63, 3.8) is 0 Å². The van der Waals surface area contributed by atoms with Gasteiger partial charge in [-0.15, -0.1) is 0 Å². The Morgan fingerprint density at radius 1 is 0.550 bits per heavy atom.